The van der Waals surface area contributed by atoms with Gasteiger partial charge in [-0.1, -0.05) is 12.1 Å². The fourth-order valence-corrected chi connectivity index (χ4v) is 1.04. The number of urea groups is 1. The molecule has 7 heteroatoms. The first-order valence-electron chi connectivity index (χ1n) is 3.84. The fourth-order valence-electron chi connectivity index (χ4n) is 1.04. The molecule has 2 amide bonds. The summed E-state index contributed by atoms with van der Waals surface area (Å²) >= 11 is 0. The van der Waals surface area contributed by atoms with Crippen LogP contribution in [0.4, 0.5) is 23.7 Å². The van der Waals surface area contributed by atoms with Gasteiger partial charge in [0, 0.05) is 0 Å². The van der Waals surface area contributed by atoms with Crippen LogP contribution in [0, 0.1) is 0 Å². The lowest BCUT2D eigenvalue weighted by atomic mass is 10.1. The highest BCUT2D eigenvalue weighted by Gasteiger charge is 2.34. The maximum atomic E-state index is 12.4. The van der Waals surface area contributed by atoms with E-state index in [4.69, 9.17) is 11.6 Å². The molecule has 0 aliphatic carbocycles. The van der Waals surface area contributed by atoms with Crippen LogP contribution in [0.3, 0.4) is 0 Å². The second kappa shape index (κ2) is 3.77. The summed E-state index contributed by atoms with van der Waals surface area (Å²) in [6.45, 7) is 0. The lowest BCUT2D eigenvalue weighted by Crippen LogP contribution is -2.42. The van der Waals surface area contributed by atoms with Crippen molar-refractivity contribution in [1.82, 2.24) is 0 Å². The molecule has 0 aliphatic rings. The fraction of sp³-hybridized carbons (Fsp3) is 0.125. The predicted molar refractivity (Wildman–Crippen MR) is 47.7 cm³/mol. The Bertz CT molecular complexity index is 378. The molecule has 0 saturated carbocycles. The van der Waals surface area contributed by atoms with E-state index in [0.29, 0.717) is 0 Å². The molecule has 0 spiro atoms. The van der Waals surface area contributed by atoms with Gasteiger partial charge in [0.05, 0.1) is 11.3 Å². The Balaban J connectivity index is 3.24. The minimum atomic E-state index is -4.58. The number of rotatable bonds is 1. The van der Waals surface area contributed by atoms with Gasteiger partial charge in [-0.25, -0.2) is 15.6 Å². The number of primary amides is 1. The van der Waals surface area contributed by atoms with Crippen molar-refractivity contribution in [3.8, 4) is 0 Å². The number of para-hydroxylation sites is 1. The molecule has 0 aromatic heterocycles. The highest BCUT2D eigenvalue weighted by molar-refractivity contribution is 5.90. The van der Waals surface area contributed by atoms with E-state index in [1.165, 1.54) is 12.1 Å². The van der Waals surface area contributed by atoms with Gasteiger partial charge >= 0.3 is 12.2 Å². The van der Waals surface area contributed by atoms with Gasteiger partial charge in [0.1, 0.15) is 0 Å². The molecule has 82 valence electrons. The summed E-state index contributed by atoms with van der Waals surface area (Å²) in [5, 5.41) is 0.253. The molecule has 4 nitrogen and oxygen atoms in total. The molecule has 1 aromatic rings. The Kier molecular flexibility index (Phi) is 2.85. The highest BCUT2D eigenvalue weighted by atomic mass is 19.4. The van der Waals surface area contributed by atoms with Crippen LogP contribution in [0.25, 0.3) is 0 Å². The van der Waals surface area contributed by atoms with E-state index in [9.17, 15) is 18.0 Å². The van der Waals surface area contributed by atoms with E-state index >= 15 is 0 Å². The number of hydrazine groups is 1. The summed E-state index contributed by atoms with van der Waals surface area (Å²) in [5.41, 5.74) is 3.29. The lowest BCUT2D eigenvalue weighted by molar-refractivity contribution is -0.137. The number of benzene rings is 1. The number of anilines is 1. The first-order chi connectivity index (χ1) is 6.84. The summed E-state index contributed by atoms with van der Waals surface area (Å²) in [4.78, 5) is 10.6. The molecule has 0 saturated heterocycles. The minimum Gasteiger partial charge on any atom is -0.350 e. The minimum absolute atomic E-state index is 0.253. The van der Waals surface area contributed by atoms with Crippen LogP contribution in [0.1, 0.15) is 5.56 Å². The van der Waals surface area contributed by atoms with Crippen LogP contribution < -0.4 is 16.6 Å². The summed E-state index contributed by atoms with van der Waals surface area (Å²) in [7, 11) is 0. The number of nitrogens with zero attached hydrogens (tertiary/aromatic N) is 1. The second-order valence-electron chi connectivity index (χ2n) is 2.72. The maximum Gasteiger partial charge on any atom is 0.418 e. The molecule has 1 rings (SSSR count). The standard InChI is InChI=1S/C8H8F3N3O/c9-8(10,11)5-3-1-2-4-6(5)14(13)7(12)15/h1-4H,13H2,(H2,12,15). The van der Waals surface area contributed by atoms with Crippen molar-refractivity contribution in [2.45, 2.75) is 6.18 Å². The van der Waals surface area contributed by atoms with Crippen LogP contribution in [-0.2, 0) is 6.18 Å². The van der Waals surface area contributed by atoms with Crippen LogP contribution in [0.5, 0.6) is 0 Å². The number of alkyl halides is 3. The largest absolute Gasteiger partial charge is 0.418 e. The van der Waals surface area contributed by atoms with E-state index in [2.05, 4.69) is 0 Å². The quantitative estimate of drug-likeness (QED) is 0.426. The first kappa shape index (κ1) is 11.3. The number of carbonyl (C=O) groups is 1. The van der Waals surface area contributed by atoms with Gasteiger partial charge in [0.25, 0.3) is 0 Å². The average Bonchev–Trinajstić information content (AvgIpc) is 2.15. The topological polar surface area (TPSA) is 72.4 Å². The second-order valence-corrected chi connectivity index (χ2v) is 2.72. The van der Waals surface area contributed by atoms with Crippen LogP contribution >= 0.6 is 0 Å². The zero-order valence-electron chi connectivity index (χ0n) is 7.45. The monoisotopic (exact) mass is 219 g/mol. The van der Waals surface area contributed by atoms with E-state index in [1.54, 1.807) is 0 Å². The normalized spacial score (nSPS) is 11.2. The zero-order valence-corrected chi connectivity index (χ0v) is 7.45. The molecule has 4 N–H and O–H groups in total. The number of carbonyl (C=O) groups excluding carboxylic acids is 1. The van der Waals surface area contributed by atoms with Gasteiger partial charge in [-0.05, 0) is 12.1 Å². The summed E-state index contributed by atoms with van der Waals surface area (Å²) < 4.78 is 37.3. The van der Waals surface area contributed by atoms with Crippen LogP contribution in [-0.4, -0.2) is 6.03 Å². The Morgan fingerprint density at radius 1 is 1.27 bits per heavy atom. The summed E-state index contributed by atoms with van der Waals surface area (Å²) in [6.07, 6.45) is -4.58. The van der Waals surface area contributed by atoms with Crippen molar-refractivity contribution in [3.05, 3.63) is 29.8 Å². The van der Waals surface area contributed by atoms with Gasteiger partial charge in [-0.3, -0.25) is 0 Å². The van der Waals surface area contributed by atoms with Crippen LogP contribution in [0.15, 0.2) is 24.3 Å². The van der Waals surface area contributed by atoms with Crippen molar-refractivity contribution in [2.24, 2.45) is 11.6 Å². The Hall–Kier alpha value is -1.76. The van der Waals surface area contributed by atoms with Gasteiger partial charge in [0.2, 0.25) is 0 Å². The van der Waals surface area contributed by atoms with Gasteiger partial charge in [-0.15, -0.1) is 0 Å². The number of halogens is 3. The van der Waals surface area contributed by atoms with Crippen molar-refractivity contribution in [2.75, 3.05) is 5.01 Å². The lowest BCUT2D eigenvalue weighted by Gasteiger charge is -2.18. The van der Waals surface area contributed by atoms with E-state index < -0.39 is 23.5 Å². The molecule has 15 heavy (non-hydrogen) atoms. The van der Waals surface area contributed by atoms with Crippen molar-refractivity contribution < 1.29 is 18.0 Å². The Labute approximate surface area is 83.2 Å². The van der Waals surface area contributed by atoms with E-state index in [-0.39, 0.29) is 5.01 Å². The Morgan fingerprint density at radius 2 is 1.80 bits per heavy atom. The van der Waals surface area contributed by atoms with Gasteiger partial charge in [0.15, 0.2) is 0 Å². The third-order valence-electron chi connectivity index (χ3n) is 1.71. The SMILES string of the molecule is NC(=O)N(N)c1ccccc1C(F)(F)F. The molecular formula is C8H8F3N3O. The number of hydrogen-bond acceptors (Lipinski definition) is 2. The number of nitrogens with two attached hydrogens (primary N) is 2. The van der Waals surface area contributed by atoms with E-state index in [0.717, 1.165) is 12.1 Å². The molecule has 1 aromatic carbocycles. The molecule has 0 fully saturated rings. The van der Waals surface area contributed by atoms with E-state index in [1.807, 2.05) is 0 Å². The third-order valence-corrected chi connectivity index (χ3v) is 1.71. The predicted octanol–water partition coefficient (Wildman–Crippen LogP) is 1.46. The molecule has 0 heterocycles. The van der Waals surface area contributed by atoms with Gasteiger partial charge in [-0.2, -0.15) is 13.2 Å². The molecule has 0 radical (unpaired) electrons. The smallest absolute Gasteiger partial charge is 0.350 e. The molecule has 0 aliphatic heterocycles. The number of amides is 2. The molecular weight excluding hydrogens is 211 g/mol. The number of hydrogen-bond donors (Lipinski definition) is 2. The summed E-state index contributed by atoms with van der Waals surface area (Å²) in [5.74, 6) is 5.09. The summed E-state index contributed by atoms with van der Waals surface area (Å²) in [6, 6.07) is 3.24. The average molecular weight is 219 g/mol. The zero-order chi connectivity index (χ0) is 11.6. The van der Waals surface area contributed by atoms with Gasteiger partial charge < -0.3 is 5.73 Å². The van der Waals surface area contributed by atoms with Crippen molar-refractivity contribution in [1.29, 1.82) is 0 Å². The maximum absolute atomic E-state index is 12.4. The molecule has 0 atom stereocenters. The van der Waals surface area contributed by atoms with Crippen molar-refractivity contribution in [3.63, 3.8) is 0 Å². The Morgan fingerprint density at radius 3 is 2.27 bits per heavy atom. The van der Waals surface area contributed by atoms with Crippen molar-refractivity contribution >= 4 is 11.7 Å². The van der Waals surface area contributed by atoms with Crippen LogP contribution in [0.2, 0.25) is 0 Å². The highest BCUT2D eigenvalue weighted by Crippen LogP contribution is 2.35. The third kappa shape index (κ3) is 2.38. The molecule has 0 unspecified atom stereocenters. The molecule has 0 bridgehead atoms. The first-order valence-corrected chi connectivity index (χ1v) is 3.84.